The van der Waals surface area contributed by atoms with E-state index in [0.29, 0.717) is 22.8 Å². The Balaban J connectivity index is 1.07. The lowest BCUT2D eigenvalue weighted by atomic mass is 9.92. The number of nitrogens with zero attached hydrogens (tertiary/aromatic N) is 3. The fraction of sp³-hybridized carbons (Fsp3) is 0.195. The number of halogens is 3. The summed E-state index contributed by atoms with van der Waals surface area (Å²) < 4.78 is 51.2. The summed E-state index contributed by atoms with van der Waals surface area (Å²) in [6, 6.07) is 24.3. The van der Waals surface area contributed by atoms with Crippen LogP contribution in [-0.4, -0.2) is 51.6 Å². The minimum atomic E-state index is -4.69. The van der Waals surface area contributed by atoms with Crippen molar-refractivity contribution in [2.24, 2.45) is 0 Å². The van der Waals surface area contributed by atoms with Gasteiger partial charge in [-0.25, -0.2) is 0 Å². The van der Waals surface area contributed by atoms with E-state index in [0.717, 1.165) is 28.5 Å². The molecular formula is C41H35F3N4O6. The molecular weight excluding hydrogens is 701 g/mol. The van der Waals surface area contributed by atoms with Crippen LogP contribution in [0.25, 0.3) is 17.0 Å². The average molecular weight is 737 g/mol. The Morgan fingerprint density at radius 3 is 2.30 bits per heavy atom. The van der Waals surface area contributed by atoms with Gasteiger partial charge < -0.3 is 24.6 Å². The molecule has 6 rings (SSSR count). The molecule has 0 saturated heterocycles. The maximum absolute atomic E-state index is 13.6. The van der Waals surface area contributed by atoms with Gasteiger partial charge in [-0.05, 0) is 84.1 Å². The van der Waals surface area contributed by atoms with Gasteiger partial charge in [0, 0.05) is 29.3 Å². The van der Waals surface area contributed by atoms with Crippen LogP contribution in [0.5, 0.6) is 5.75 Å². The third kappa shape index (κ3) is 9.10. The van der Waals surface area contributed by atoms with Crippen molar-refractivity contribution < 1.29 is 41.9 Å². The molecule has 0 spiro atoms. The monoisotopic (exact) mass is 736 g/mol. The van der Waals surface area contributed by atoms with E-state index in [1.165, 1.54) is 49.1 Å². The minimum absolute atomic E-state index is 0.0112. The number of allylic oxidation sites excluding steroid dienone is 4. The van der Waals surface area contributed by atoms with E-state index in [-0.39, 0.29) is 35.0 Å². The van der Waals surface area contributed by atoms with Gasteiger partial charge in [-0.2, -0.15) is 18.2 Å². The average Bonchev–Trinajstić information content (AvgIpc) is 3.65. The number of carboxylic acid groups (broad SMARTS) is 1. The normalized spacial score (nSPS) is 13.9. The van der Waals surface area contributed by atoms with Crippen LogP contribution in [-0.2, 0) is 28.7 Å². The number of nitrogens with one attached hydrogen (secondary N) is 1. The van der Waals surface area contributed by atoms with Crippen LogP contribution in [0, 0.1) is 6.92 Å². The first-order valence-electron chi connectivity index (χ1n) is 16.9. The molecule has 0 bridgehead atoms. The molecule has 5 aromatic rings. The highest BCUT2D eigenvalue weighted by molar-refractivity contribution is 5.97. The van der Waals surface area contributed by atoms with E-state index in [9.17, 15) is 32.7 Å². The largest absolute Gasteiger partial charge is 0.497 e. The lowest BCUT2D eigenvalue weighted by Gasteiger charge is -2.21. The van der Waals surface area contributed by atoms with Crippen molar-refractivity contribution in [2.75, 3.05) is 19.0 Å². The lowest BCUT2D eigenvalue weighted by Crippen LogP contribution is -2.35. The van der Waals surface area contributed by atoms with Crippen molar-refractivity contribution in [3.63, 3.8) is 0 Å². The maximum Gasteiger partial charge on any atom is 0.416 e. The Morgan fingerprint density at radius 2 is 1.67 bits per heavy atom. The molecule has 0 fully saturated rings. The first kappa shape index (κ1) is 37.3. The molecule has 1 aliphatic carbocycles. The summed E-state index contributed by atoms with van der Waals surface area (Å²) in [5.74, 6) is -1.63. The SMILES string of the molecule is COc1ccc(CC(=O)Nc2ccc(C(=O)N(CC(=O)O)Cc3ccc(-c4nc(C5C=CC(c6ccc(C)cc6)=CC5)no4)cc3)cc2)c(C(F)(F)F)c1. The molecule has 1 aliphatic rings. The maximum atomic E-state index is 13.6. The zero-order valence-electron chi connectivity index (χ0n) is 29.3. The van der Waals surface area contributed by atoms with Crippen molar-refractivity contribution in [3.8, 4) is 17.2 Å². The van der Waals surface area contributed by atoms with Crippen LogP contribution in [0.4, 0.5) is 18.9 Å². The molecule has 1 unspecified atom stereocenters. The van der Waals surface area contributed by atoms with E-state index in [2.05, 4.69) is 64.9 Å². The van der Waals surface area contributed by atoms with Crippen molar-refractivity contribution in [1.29, 1.82) is 0 Å². The third-order valence-electron chi connectivity index (χ3n) is 8.83. The quantitative estimate of drug-likeness (QED) is 0.131. The van der Waals surface area contributed by atoms with Gasteiger partial charge in [-0.1, -0.05) is 71.4 Å². The first-order valence-corrected chi connectivity index (χ1v) is 16.9. The van der Waals surface area contributed by atoms with Crippen LogP contribution in [0.1, 0.15) is 56.3 Å². The van der Waals surface area contributed by atoms with E-state index in [4.69, 9.17) is 9.26 Å². The molecule has 2 amide bonds. The number of benzene rings is 4. The number of carbonyl (C=O) groups is 3. The zero-order valence-corrected chi connectivity index (χ0v) is 29.3. The summed E-state index contributed by atoms with van der Waals surface area (Å²) in [7, 11) is 1.25. The number of amides is 2. The Morgan fingerprint density at radius 1 is 0.963 bits per heavy atom. The summed E-state index contributed by atoms with van der Waals surface area (Å²) in [4.78, 5) is 43.5. The van der Waals surface area contributed by atoms with Crippen LogP contribution in [0.2, 0.25) is 0 Å². The van der Waals surface area contributed by atoms with Gasteiger partial charge in [-0.3, -0.25) is 14.4 Å². The van der Waals surface area contributed by atoms with Crippen molar-refractivity contribution >= 4 is 29.0 Å². The van der Waals surface area contributed by atoms with Crippen LogP contribution in [0.15, 0.2) is 114 Å². The second-order valence-corrected chi connectivity index (χ2v) is 12.8. The fourth-order valence-corrected chi connectivity index (χ4v) is 5.97. The number of hydrogen-bond acceptors (Lipinski definition) is 7. The summed E-state index contributed by atoms with van der Waals surface area (Å²) in [6.45, 7) is 1.45. The van der Waals surface area contributed by atoms with E-state index in [1.807, 2.05) is 0 Å². The number of aryl methyl sites for hydroxylation is 1. The van der Waals surface area contributed by atoms with Gasteiger partial charge in [0.25, 0.3) is 11.8 Å². The molecule has 4 aromatic carbocycles. The molecule has 0 saturated carbocycles. The number of ether oxygens (including phenoxy) is 1. The standard InChI is InChI=1S/C41H35F3N4O6/c1-25-3-7-27(8-4-25)28-11-13-29(14-12-28)38-46-39(54-47-38)30-9-5-26(6-10-30)23-48(24-37(50)51)40(52)31-15-18-33(19-16-31)45-36(49)21-32-17-20-34(53-2)22-35(32)41(42,43)44/h3-13,15-20,22,29H,14,21,23-24H2,1-2H3,(H,45,49)(H,50,51). The van der Waals surface area contributed by atoms with Gasteiger partial charge in [0.2, 0.25) is 5.91 Å². The number of carboxylic acids is 1. The third-order valence-corrected chi connectivity index (χ3v) is 8.83. The predicted molar refractivity (Wildman–Crippen MR) is 195 cm³/mol. The topological polar surface area (TPSA) is 135 Å². The highest BCUT2D eigenvalue weighted by atomic mass is 19.4. The molecule has 276 valence electrons. The summed E-state index contributed by atoms with van der Waals surface area (Å²) >= 11 is 0. The van der Waals surface area contributed by atoms with Gasteiger partial charge >= 0.3 is 12.1 Å². The highest BCUT2D eigenvalue weighted by Gasteiger charge is 2.34. The predicted octanol–water partition coefficient (Wildman–Crippen LogP) is 8.11. The number of hydrogen-bond donors (Lipinski definition) is 2. The molecule has 10 nitrogen and oxygen atoms in total. The van der Waals surface area contributed by atoms with Gasteiger partial charge in [0.1, 0.15) is 12.3 Å². The smallest absolute Gasteiger partial charge is 0.416 e. The minimum Gasteiger partial charge on any atom is -0.497 e. The molecule has 0 radical (unpaired) electrons. The van der Waals surface area contributed by atoms with Crippen LogP contribution < -0.4 is 10.1 Å². The Hall–Kier alpha value is -6.50. The lowest BCUT2D eigenvalue weighted by molar-refractivity contribution is -0.139. The fourth-order valence-electron chi connectivity index (χ4n) is 5.97. The molecule has 1 heterocycles. The van der Waals surface area contributed by atoms with Gasteiger partial charge in [0.15, 0.2) is 5.82 Å². The number of aliphatic carboxylic acids is 1. The van der Waals surface area contributed by atoms with Crippen LogP contribution in [0.3, 0.4) is 0 Å². The molecule has 1 aromatic heterocycles. The molecule has 0 aliphatic heterocycles. The molecule has 1 atom stereocenters. The van der Waals surface area contributed by atoms with E-state index < -0.39 is 42.5 Å². The number of methoxy groups -OCH3 is 1. The van der Waals surface area contributed by atoms with E-state index >= 15 is 0 Å². The Bertz CT molecular complexity index is 2210. The zero-order chi connectivity index (χ0) is 38.4. The van der Waals surface area contributed by atoms with E-state index in [1.54, 1.807) is 24.3 Å². The van der Waals surface area contributed by atoms with Gasteiger partial charge in [0.05, 0.1) is 19.1 Å². The second kappa shape index (κ2) is 16.0. The van der Waals surface area contributed by atoms with Crippen molar-refractivity contribution in [3.05, 3.63) is 148 Å². The molecule has 13 heteroatoms. The summed E-state index contributed by atoms with van der Waals surface area (Å²) in [6.07, 6.45) is 1.75. The highest BCUT2D eigenvalue weighted by Crippen LogP contribution is 2.35. The van der Waals surface area contributed by atoms with Crippen molar-refractivity contribution in [2.45, 2.75) is 38.4 Å². The summed E-state index contributed by atoms with van der Waals surface area (Å²) in [5, 5.41) is 16.3. The number of aromatic nitrogens is 2. The Labute approximate surface area is 308 Å². The Kier molecular flexibility index (Phi) is 11.1. The number of alkyl halides is 3. The molecule has 2 N–H and O–H groups in total. The van der Waals surface area contributed by atoms with Crippen LogP contribution >= 0.6 is 0 Å². The van der Waals surface area contributed by atoms with Gasteiger partial charge in [-0.15, -0.1) is 0 Å². The number of rotatable bonds is 12. The first-order chi connectivity index (χ1) is 25.9. The number of anilines is 1. The molecule has 54 heavy (non-hydrogen) atoms. The second-order valence-electron chi connectivity index (χ2n) is 12.8. The number of carbonyl (C=O) groups excluding carboxylic acids is 2. The summed E-state index contributed by atoms with van der Waals surface area (Å²) in [5.41, 5.74) is 3.97. The van der Waals surface area contributed by atoms with Crippen molar-refractivity contribution in [1.82, 2.24) is 15.0 Å².